The molecule has 0 aliphatic heterocycles. The van der Waals surface area contributed by atoms with E-state index in [-0.39, 0.29) is 24.4 Å². The molecule has 0 fully saturated rings. The Balaban J connectivity index is 2.22. The molecular formula is C16H17FN2O5. The van der Waals surface area contributed by atoms with E-state index in [2.05, 4.69) is 16.9 Å². The van der Waals surface area contributed by atoms with Crippen LogP contribution in [0.4, 0.5) is 4.39 Å². The van der Waals surface area contributed by atoms with E-state index in [1.807, 2.05) is 0 Å². The van der Waals surface area contributed by atoms with Crippen molar-refractivity contribution in [1.29, 1.82) is 0 Å². The summed E-state index contributed by atoms with van der Waals surface area (Å²) in [6.45, 7) is 3.39. The molecule has 1 amide bonds. The number of aromatic amines is 1. The number of carbonyl (C=O) groups excluding carboxylic acids is 1. The molecule has 0 saturated heterocycles. The second-order valence-corrected chi connectivity index (χ2v) is 4.91. The highest BCUT2D eigenvalue weighted by atomic mass is 19.1. The van der Waals surface area contributed by atoms with Crippen molar-refractivity contribution >= 4 is 22.8 Å². The minimum atomic E-state index is -1.24. The molecule has 1 unspecified atom stereocenters. The van der Waals surface area contributed by atoms with Gasteiger partial charge in [0.1, 0.15) is 17.3 Å². The molecule has 2 rings (SSSR count). The molecule has 3 N–H and O–H groups in total. The van der Waals surface area contributed by atoms with Gasteiger partial charge in [0, 0.05) is 5.39 Å². The van der Waals surface area contributed by atoms with Gasteiger partial charge in [0.15, 0.2) is 6.04 Å². The van der Waals surface area contributed by atoms with E-state index >= 15 is 0 Å². The van der Waals surface area contributed by atoms with Crippen LogP contribution in [0.5, 0.6) is 5.75 Å². The van der Waals surface area contributed by atoms with Crippen LogP contribution < -0.4 is 10.1 Å². The molecule has 128 valence electrons. The second kappa shape index (κ2) is 7.60. The zero-order valence-corrected chi connectivity index (χ0v) is 13.0. The standard InChI is InChI=1S/C16H17FN2O5/c1-3-6-24-8-12(16(21)22)19-15(20)11-7-9-13(23-2)5-4-10(17)14(9)18-11/h3-5,7,12,18H,1,6,8H2,2H3,(H,19,20)(H,21,22). The minimum absolute atomic E-state index is 0.0170. The highest BCUT2D eigenvalue weighted by molar-refractivity contribution is 6.01. The van der Waals surface area contributed by atoms with Crippen molar-refractivity contribution in [1.82, 2.24) is 10.3 Å². The lowest BCUT2D eigenvalue weighted by atomic mass is 10.2. The van der Waals surface area contributed by atoms with Crippen LogP contribution in [0.15, 0.2) is 30.9 Å². The summed E-state index contributed by atoms with van der Waals surface area (Å²) < 4.78 is 24.0. The van der Waals surface area contributed by atoms with Crippen LogP contribution >= 0.6 is 0 Å². The molecule has 7 nitrogen and oxygen atoms in total. The summed E-state index contributed by atoms with van der Waals surface area (Å²) in [5, 5.41) is 11.8. The van der Waals surface area contributed by atoms with Crippen LogP contribution in [0.2, 0.25) is 0 Å². The van der Waals surface area contributed by atoms with E-state index < -0.39 is 23.7 Å². The van der Waals surface area contributed by atoms with Crippen molar-refractivity contribution in [3.63, 3.8) is 0 Å². The van der Waals surface area contributed by atoms with E-state index in [1.54, 1.807) is 0 Å². The molecule has 0 aliphatic carbocycles. The first-order valence-electron chi connectivity index (χ1n) is 7.05. The summed E-state index contributed by atoms with van der Waals surface area (Å²) in [4.78, 5) is 26.0. The molecule has 1 atom stereocenters. The quantitative estimate of drug-likeness (QED) is 0.503. The smallest absolute Gasteiger partial charge is 0.328 e. The Labute approximate surface area is 137 Å². The van der Waals surface area contributed by atoms with Gasteiger partial charge in [0.25, 0.3) is 5.91 Å². The first-order valence-corrected chi connectivity index (χ1v) is 7.05. The molecule has 0 spiro atoms. The van der Waals surface area contributed by atoms with Gasteiger partial charge in [0.05, 0.1) is 25.8 Å². The maximum absolute atomic E-state index is 13.8. The summed E-state index contributed by atoms with van der Waals surface area (Å²) in [6.07, 6.45) is 1.47. The normalized spacial score (nSPS) is 11.9. The van der Waals surface area contributed by atoms with Crippen LogP contribution in [-0.2, 0) is 9.53 Å². The third-order valence-electron chi connectivity index (χ3n) is 3.29. The monoisotopic (exact) mass is 336 g/mol. The number of fused-ring (bicyclic) bond motifs is 1. The first kappa shape index (κ1) is 17.5. The lowest BCUT2D eigenvalue weighted by Gasteiger charge is -2.13. The average Bonchev–Trinajstić information content (AvgIpc) is 3.00. The number of rotatable bonds is 8. The minimum Gasteiger partial charge on any atom is -0.496 e. The van der Waals surface area contributed by atoms with Crippen LogP contribution in [0.1, 0.15) is 10.5 Å². The van der Waals surface area contributed by atoms with Crippen molar-refractivity contribution in [2.24, 2.45) is 0 Å². The van der Waals surface area contributed by atoms with Gasteiger partial charge in [-0.1, -0.05) is 6.08 Å². The van der Waals surface area contributed by atoms with Crippen LogP contribution in [0.3, 0.4) is 0 Å². The van der Waals surface area contributed by atoms with E-state index in [0.717, 1.165) is 0 Å². The van der Waals surface area contributed by atoms with Crippen molar-refractivity contribution in [3.8, 4) is 5.75 Å². The molecule has 1 heterocycles. The molecule has 0 bridgehead atoms. The molecule has 1 aromatic carbocycles. The number of amides is 1. The number of H-pyrrole nitrogens is 1. The summed E-state index contributed by atoms with van der Waals surface area (Å²) in [7, 11) is 1.43. The van der Waals surface area contributed by atoms with Gasteiger partial charge < -0.3 is 24.9 Å². The van der Waals surface area contributed by atoms with E-state index in [4.69, 9.17) is 14.6 Å². The predicted octanol–water partition coefficient (Wildman–Crippen LogP) is 1.70. The topological polar surface area (TPSA) is 101 Å². The van der Waals surface area contributed by atoms with E-state index in [0.29, 0.717) is 11.1 Å². The van der Waals surface area contributed by atoms with Crippen LogP contribution in [0, 0.1) is 5.82 Å². The Morgan fingerprint density at radius 2 is 2.25 bits per heavy atom. The molecular weight excluding hydrogens is 319 g/mol. The van der Waals surface area contributed by atoms with E-state index in [1.165, 1.54) is 31.4 Å². The maximum Gasteiger partial charge on any atom is 0.328 e. The fraction of sp³-hybridized carbons (Fsp3) is 0.250. The summed E-state index contributed by atoms with van der Waals surface area (Å²) in [5.41, 5.74) is 0.123. The summed E-state index contributed by atoms with van der Waals surface area (Å²) >= 11 is 0. The Hall–Kier alpha value is -2.87. The van der Waals surface area contributed by atoms with Gasteiger partial charge in [-0.25, -0.2) is 9.18 Å². The van der Waals surface area contributed by atoms with Crippen LogP contribution in [-0.4, -0.2) is 48.3 Å². The number of ether oxygens (including phenoxy) is 2. The number of carboxylic acid groups (broad SMARTS) is 1. The number of halogens is 1. The largest absolute Gasteiger partial charge is 0.496 e. The highest BCUT2D eigenvalue weighted by Crippen LogP contribution is 2.28. The number of methoxy groups -OCH3 is 1. The third kappa shape index (κ3) is 3.72. The zero-order chi connectivity index (χ0) is 17.7. The van der Waals surface area contributed by atoms with Gasteiger partial charge in [-0.2, -0.15) is 0 Å². The second-order valence-electron chi connectivity index (χ2n) is 4.91. The number of benzene rings is 1. The van der Waals surface area contributed by atoms with E-state index in [9.17, 15) is 14.0 Å². The number of carboxylic acids is 1. The van der Waals surface area contributed by atoms with Gasteiger partial charge in [-0.3, -0.25) is 4.79 Å². The zero-order valence-electron chi connectivity index (χ0n) is 13.0. The molecule has 24 heavy (non-hydrogen) atoms. The van der Waals surface area contributed by atoms with Crippen LogP contribution in [0.25, 0.3) is 10.9 Å². The van der Waals surface area contributed by atoms with Crippen molar-refractivity contribution in [2.75, 3.05) is 20.3 Å². The average molecular weight is 336 g/mol. The lowest BCUT2D eigenvalue weighted by molar-refractivity contribution is -0.140. The van der Waals surface area contributed by atoms with Gasteiger partial charge in [-0.05, 0) is 18.2 Å². The number of hydrogen-bond donors (Lipinski definition) is 3. The molecule has 0 saturated carbocycles. The molecule has 0 aliphatic rings. The number of aliphatic carboxylic acids is 1. The number of carbonyl (C=O) groups is 2. The van der Waals surface area contributed by atoms with Crippen molar-refractivity contribution in [2.45, 2.75) is 6.04 Å². The Bertz CT molecular complexity index is 771. The third-order valence-corrected chi connectivity index (χ3v) is 3.29. The number of nitrogens with one attached hydrogen (secondary N) is 2. The predicted molar refractivity (Wildman–Crippen MR) is 84.7 cm³/mol. The number of aromatic nitrogens is 1. The molecule has 8 heteroatoms. The van der Waals surface area contributed by atoms with Gasteiger partial charge in [-0.15, -0.1) is 6.58 Å². The fourth-order valence-corrected chi connectivity index (χ4v) is 2.14. The highest BCUT2D eigenvalue weighted by Gasteiger charge is 2.22. The molecule has 2 aromatic rings. The maximum atomic E-state index is 13.8. The van der Waals surface area contributed by atoms with Gasteiger partial charge >= 0.3 is 5.97 Å². The first-order chi connectivity index (χ1) is 11.5. The summed E-state index contributed by atoms with van der Waals surface area (Å²) in [5.74, 6) is -2.09. The molecule has 1 aromatic heterocycles. The van der Waals surface area contributed by atoms with Gasteiger partial charge in [0.2, 0.25) is 0 Å². The Morgan fingerprint density at radius 3 is 2.88 bits per heavy atom. The fourth-order valence-electron chi connectivity index (χ4n) is 2.14. The SMILES string of the molecule is C=CCOCC(NC(=O)c1cc2c(OC)ccc(F)c2[nH]1)C(=O)O. The molecule has 0 radical (unpaired) electrons. The lowest BCUT2D eigenvalue weighted by Crippen LogP contribution is -2.44. The number of hydrogen-bond acceptors (Lipinski definition) is 4. The summed E-state index contributed by atoms with van der Waals surface area (Å²) in [6, 6.07) is 2.81. The van der Waals surface area contributed by atoms with Crippen molar-refractivity contribution in [3.05, 3.63) is 42.4 Å². The Morgan fingerprint density at radius 1 is 1.50 bits per heavy atom. The van der Waals surface area contributed by atoms with Crippen molar-refractivity contribution < 1.29 is 28.6 Å². The Kier molecular flexibility index (Phi) is 5.54.